The van der Waals surface area contributed by atoms with E-state index >= 15 is 0 Å². The van der Waals surface area contributed by atoms with Crippen molar-refractivity contribution >= 4 is 11.6 Å². The van der Waals surface area contributed by atoms with E-state index in [4.69, 9.17) is 21.8 Å². The van der Waals surface area contributed by atoms with Gasteiger partial charge in [0.05, 0.1) is 0 Å². The molecule has 0 aromatic carbocycles. The van der Waals surface area contributed by atoms with Gasteiger partial charge in [0.25, 0.3) is 0 Å². The van der Waals surface area contributed by atoms with Gasteiger partial charge in [-0.1, -0.05) is 11.6 Å². The van der Waals surface area contributed by atoms with Crippen molar-refractivity contribution in [2.75, 3.05) is 0 Å². The summed E-state index contributed by atoms with van der Waals surface area (Å²) in [4.78, 5) is 0. The standard InChI is InChI=1S/C3H5ClO2/c4-2-1-3(5)6/h1-3,5-6H/b2-1+. The predicted molar refractivity (Wildman–Crippen MR) is 23.2 cm³/mol. The van der Waals surface area contributed by atoms with Crippen LogP contribution in [0.5, 0.6) is 0 Å². The highest BCUT2D eigenvalue weighted by atomic mass is 35.5. The molecule has 0 bridgehead atoms. The zero-order valence-electron chi connectivity index (χ0n) is 3.00. The largest absolute Gasteiger partial charge is 0.365 e. The van der Waals surface area contributed by atoms with Crippen molar-refractivity contribution in [3.8, 4) is 0 Å². The van der Waals surface area contributed by atoms with Crippen molar-refractivity contribution in [1.29, 1.82) is 0 Å². The molecule has 0 saturated heterocycles. The lowest BCUT2D eigenvalue weighted by Crippen LogP contribution is -1.95. The molecule has 0 unspecified atom stereocenters. The minimum absolute atomic E-state index is 1.04. The molecule has 0 atom stereocenters. The number of halogens is 1. The van der Waals surface area contributed by atoms with Gasteiger partial charge in [0, 0.05) is 5.54 Å². The maximum atomic E-state index is 7.94. The molecule has 0 aliphatic rings. The van der Waals surface area contributed by atoms with E-state index in [1.807, 2.05) is 0 Å². The maximum Gasteiger partial charge on any atom is 0.172 e. The topological polar surface area (TPSA) is 40.5 Å². The fourth-order valence-electron chi connectivity index (χ4n) is 0.0651. The Labute approximate surface area is 40.7 Å². The quantitative estimate of drug-likeness (QED) is 0.466. The molecule has 0 aliphatic heterocycles. The Balaban J connectivity index is 3.03. The molecule has 3 heteroatoms. The van der Waals surface area contributed by atoms with Gasteiger partial charge < -0.3 is 10.2 Å². The van der Waals surface area contributed by atoms with E-state index < -0.39 is 6.29 Å². The summed E-state index contributed by atoms with van der Waals surface area (Å²) >= 11 is 4.90. The van der Waals surface area contributed by atoms with Crippen molar-refractivity contribution in [2.24, 2.45) is 0 Å². The Hall–Kier alpha value is -0.0500. The van der Waals surface area contributed by atoms with Gasteiger partial charge >= 0.3 is 0 Å². The van der Waals surface area contributed by atoms with Crippen LogP contribution in [0.1, 0.15) is 0 Å². The van der Waals surface area contributed by atoms with Gasteiger partial charge in [-0.2, -0.15) is 0 Å². The van der Waals surface area contributed by atoms with Gasteiger partial charge in [0.1, 0.15) is 0 Å². The van der Waals surface area contributed by atoms with Crippen LogP contribution >= 0.6 is 11.6 Å². The van der Waals surface area contributed by atoms with E-state index in [2.05, 4.69) is 0 Å². The van der Waals surface area contributed by atoms with E-state index in [9.17, 15) is 0 Å². The monoisotopic (exact) mass is 108 g/mol. The Morgan fingerprint density at radius 1 is 1.50 bits per heavy atom. The lowest BCUT2D eigenvalue weighted by Gasteiger charge is -1.86. The molecule has 0 aromatic rings. The average Bonchev–Trinajstić information content (AvgIpc) is 1.35. The lowest BCUT2D eigenvalue weighted by atomic mass is 10.6. The van der Waals surface area contributed by atoms with E-state index in [0.717, 1.165) is 11.6 Å². The molecule has 0 radical (unpaired) electrons. The molecular weight excluding hydrogens is 103 g/mol. The molecule has 0 saturated carbocycles. The second-order valence-corrected chi connectivity index (χ2v) is 0.984. The van der Waals surface area contributed by atoms with Crippen LogP contribution in [-0.4, -0.2) is 16.5 Å². The van der Waals surface area contributed by atoms with Crippen LogP contribution in [0.4, 0.5) is 0 Å². The fourth-order valence-corrected chi connectivity index (χ4v) is 0.195. The highest BCUT2D eigenvalue weighted by Crippen LogP contribution is 1.80. The molecule has 2 nitrogen and oxygen atoms in total. The summed E-state index contributed by atoms with van der Waals surface area (Å²) in [5.41, 5.74) is 1.05. The first-order chi connectivity index (χ1) is 2.77. The summed E-state index contributed by atoms with van der Waals surface area (Å²) in [5, 5.41) is 15.9. The van der Waals surface area contributed by atoms with Crippen LogP contribution in [0.2, 0.25) is 0 Å². The first-order valence-electron chi connectivity index (χ1n) is 1.40. The third kappa shape index (κ3) is 3.95. The summed E-state index contributed by atoms with van der Waals surface area (Å²) in [7, 11) is 0. The van der Waals surface area contributed by atoms with Crippen LogP contribution in [0.3, 0.4) is 0 Å². The van der Waals surface area contributed by atoms with Crippen molar-refractivity contribution in [3.63, 3.8) is 0 Å². The van der Waals surface area contributed by atoms with Gasteiger partial charge in [-0.05, 0) is 6.08 Å². The molecule has 0 aromatic heterocycles. The smallest absolute Gasteiger partial charge is 0.172 e. The van der Waals surface area contributed by atoms with Gasteiger partial charge in [-0.25, -0.2) is 0 Å². The van der Waals surface area contributed by atoms with Crippen LogP contribution in [0.15, 0.2) is 11.6 Å². The minimum atomic E-state index is -1.41. The van der Waals surface area contributed by atoms with Crippen molar-refractivity contribution in [2.45, 2.75) is 6.29 Å². The molecule has 0 fully saturated rings. The molecular formula is C3H5ClO2. The second-order valence-electron chi connectivity index (χ2n) is 0.732. The summed E-state index contributed by atoms with van der Waals surface area (Å²) in [5.74, 6) is 0. The summed E-state index contributed by atoms with van der Waals surface area (Å²) < 4.78 is 0. The molecule has 0 aliphatic carbocycles. The van der Waals surface area contributed by atoms with Crippen LogP contribution in [0.25, 0.3) is 0 Å². The molecule has 0 spiro atoms. The molecule has 6 heavy (non-hydrogen) atoms. The van der Waals surface area contributed by atoms with Crippen molar-refractivity contribution in [1.82, 2.24) is 0 Å². The van der Waals surface area contributed by atoms with Crippen molar-refractivity contribution < 1.29 is 10.2 Å². The number of rotatable bonds is 1. The van der Waals surface area contributed by atoms with Gasteiger partial charge in [-0.3, -0.25) is 0 Å². The van der Waals surface area contributed by atoms with Gasteiger partial charge in [-0.15, -0.1) is 0 Å². The molecule has 0 heterocycles. The molecule has 0 amide bonds. The number of aliphatic hydroxyl groups is 2. The highest BCUT2D eigenvalue weighted by Gasteiger charge is 1.80. The van der Waals surface area contributed by atoms with E-state index in [1.54, 1.807) is 0 Å². The summed E-state index contributed by atoms with van der Waals surface area (Å²) in [6.45, 7) is 0. The number of aliphatic hydroxyl groups excluding tert-OH is 1. The third-order valence-electron chi connectivity index (χ3n) is 0.245. The summed E-state index contributed by atoms with van der Waals surface area (Å²) in [6.07, 6.45) is -0.371. The lowest BCUT2D eigenvalue weighted by molar-refractivity contribution is 0.00251. The normalized spacial score (nSPS) is 11.3. The first kappa shape index (κ1) is 5.95. The highest BCUT2D eigenvalue weighted by molar-refractivity contribution is 6.25. The second kappa shape index (κ2) is 3.15. The van der Waals surface area contributed by atoms with Crippen LogP contribution < -0.4 is 0 Å². The predicted octanol–water partition coefficient (Wildman–Crippen LogP) is 0.0496. The van der Waals surface area contributed by atoms with Gasteiger partial charge in [0.2, 0.25) is 0 Å². The molecule has 2 N–H and O–H groups in total. The SMILES string of the molecule is OC(O)/C=C/Cl. The average molecular weight is 109 g/mol. The van der Waals surface area contributed by atoms with Crippen molar-refractivity contribution in [3.05, 3.63) is 11.6 Å². The van der Waals surface area contributed by atoms with E-state index in [-0.39, 0.29) is 0 Å². The van der Waals surface area contributed by atoms with Crippen LogP contribution in [0, 0.1) is 0 Å². The maximum absolute atomic E-state index is 7.94. The van der Waals surface area contributed by atoms with Gasteiger partial charge in [0.15, 0.2) is 6.29 Å². The Morgan fingerprint density at radius 3 is 2.00 bits per heavy atom. The molecule has 36 valence electrons. The first-order valence-corrected chi connectivity index (χ1v) is 1.84. The number of hydrogen-bond donors (Lipinski definition) is 2. The molecule has 0 rings (SSSR count). The zero-order chi connectivity index (χ0) is 4.99. The van der Waals surface area contributed by atoms with E-state index in [1.165, 1.54) is 0 Å². The minimum Gasteiger partial charge on any atom is -0.365 e. The fraction of sp³-hybridized carbons (Fsp3) is 0.333. The van der Waals surface area contributed by atoms with E-state index in [0.29, 0.717) is 0 Å². The zero-order valence-corrected chi connectivity index (χ0v) is 3.76. The third-order valence-corrected chi connectivity index (χ3v) is 0.390. The summed E-state index contributed by atoms with van der Waals surface area (Å²) in [6, 6.07) is 0. The Kier molecular flexibility index (Phi) is 3.13. The Morgan fingerprint density at radius 2 is 2.00 bits per heavy atom. The van der Waals surface area contributed by atoms with Crippen LogP contribution in [-0.2, 0) is 0 Å². The Bertz CT molecular complexity index is 50.8. The number of hydrogen-bond acceptors (Lipinski definition) is 2.